The van der Waals surface area contributed by atoms with Crippen LogP contribution in [0.5, 0.6) is 0 Å². The van der Waals surface area contributed by atoms with Crippen molar-refractivity contribution in [3.63, 3.8) is 0 Å². The van der Waals surface area contributed by atoms with E-state index in [1.54, 1.807) is 13.0 Å². The van der Waals surface area contributed by atoms with Crippen LogP contribution in [-0.4, -0.2) is 17.6 Å². The van der Waals surface area contributed by atoms with Gasteiger partial charge in [-0.05, 0) is 38.1 Å². The molecule has 1 aromatic carbocycles. The number of hydrogen-bond acceptors (Lipinski definition) is 4. The first-order valence-electron chi connectivity index (χ1n) is 6.41. The zero-order valence-corrected chi connectivity index (χ0v) is 12.4. The van der Waals surface area contributed by atoms with Gasteiger partial charge in [0.15, 0.2) is 0 Å². The van der Waals surface area contributed by atoms with E-state index < -0.39 is 5.97 Å². The van der Waals surface area contributed by atoms with Crippen LogP contribution in [0.25, 0.3) is 17.0 Å². The van der Waals surface area contributed by atoms with Crippen LogP contribution in [0.1, 0.15) is 18.1 Å². The smallest absolute Gasteiger partial charge is 0.348 e. The monoisotopic (exact) mass is 300 g/mol. The quantitative estimate of drug-likeness (QED) is 0.375. The molecule has 1 aromatic heterocycles. The number of halogens is 1. The molecule has 0 unspecified atom stereocenters. The first kappa shape index (κ1) is 15.0. The average Bonchev–Trinajstić information content (AvgIpc) is 2.45. The van der Waals surface area contributed by atoms with Crippen molar-refractivity contribution in [2.45, 2.75) is 13.8 Å². The van der Waals surface area contributed by atoms with Crippen molar-refractivity contribution < 1.29 is 9.53 Å². The minimum atomic E-state index is -0.666. The van der Waals surface area contributed by atoms with Gasteiger partial charge in [0.1, 0.15) is 16.8 Å². The largest absolute Gasteiger partial charge is 0.462 e. The second-order valence-electron chi connectivity index (χ2n) is 4.45. The first-order chi connectivity index (χ1) is 10.0. The summed E-state index contributed by atoms with van der Waals surface area (Å²) in [6.07, 6.45) is 1.40. The molecule has 0 bridgehead atoms. The Morgan fingerprint density at radius 1 is 1.48 bits per heavy atom. The van der Waals surface area contributed by atoms with Crippen LogP contribution in [0.2, 0.25) is 5.15 Å². The fourth-order valence-corrected chi connectivity index (χ4v) is 2.09. The molecule has 106 valence electrons. The molecule has 1 heterocycles. The molecule has 21 heavy (non-hydrogen) atoms. The lowest BCUT2D eigenvalue weighted by molar-refractivity contribution is -0.137. The van der Waals surface area contributed by atoms with E-state index in [2.05, 4.69) is 4.98 Å². The number of aromatic nitrogens is 1. The fourth-order valence-electron chi connectivity index (χ4n) is 1.89. The van der Waals surface area contributed by atoms with Gasteiger partial charge < -0.3 is 4.74 Å². The SMILES string of the molecule is CCOC(=O)C(C#N)=Cc1cc2cc(C)ccc2nc1Cl. The molecule has 0 atom stereocenters. The zero-order chi connectivity index (χ0) is 15.4. The summed E-state index contributed by atoms with van der Waals surface area (Å²) in [7, 11) is 0. The van der Waals surface area contributed by atoms with Gasteiger partial charge in [0.2, 0.25) is 0 Å². The summed E-state index contributed by atoms with van der Waals surface area (Å²) in [5.74, 6) is -0.666. The predicted octanol–water partition coefficient (Wildman–Crippen LogP) is 3.67. The summed E-state index contributed by atoms with van der Waals surface area (Å²) >= 11 is 6.11. The molecular weight excluding hydrogens is 288 g/mol. The molecule has 0 amide bonds. The Morgan fingerprint density at radius 2 is 2.24 bits per heavy atom. The van der Waals surface area contributed by atoms with Gasteiger partial charge in [-0.1, -0.05) is 23.2 Å². The zero-order valence-electron chi connectivity index (χ0n) is 11.7. The van der Waals surface area contributed by atoms with Gasteiger partial charge in [-0.15, -0.1) is 0 Å². The number of nitrogens with zero attached hydrogens (tertiary/aromatic N) is 2. The molecule has 2 rings (SSSR count). The van der Waals surface area contributed by atoms with Crippen molar-refractivity contribution in [3.8, 4) is 6.07 Å². The molecule has 0 aliphatic carbocycles. The number of fused-ring (bicyclic) bond motifs is 1. The summed E-state index contributed by atoms with van der Waals surface area (Å²) in [6.45, 7) is 3.86. The van der Waals surface area contributed by atoms with E-state index in [0.29, 0.717) is 5.56 Å². The number of rotatable bonds is 3. The van der Waals surface area contributed by atoms with Crippen LogP contribution in [0.4, 0.5) is 0 Å². The predicted molar refractivity (Wildman–Crippen MR) is 81.7 cm³/mol. The Labute approximate surface area is 127 Å². The van der Waals surface area contributed by atoms with E-state index >= 15 is 0 Å². The molecule has 0 saturated carbocycles. The van der Waals surface area contributed by atoms with Gasteiger partial charge in [0.25, 0.3) is 0 Å². The third-order valence-electron chi connectivity index (χ3n) is 2.87. The molecular formula is C16H13ClN2O2. The summed E-state index contributed by atoms with van der Waals surface area (Å²) in [4.78, 5) is 15.9. The summed E-state index contributed by atoms with van der Waals surface area (Å²) in [5, 5.41) is 10.2. The normalized spacial score (nSPS) is 11.2. The van der Waals surface area contributed by atoms with Crippen molar-refractivity contribution in [2.75, 3.05) is 6.61 Å². The number of aryl methyl sites for hydroxylation is 1. The number of nitriles is 1. The van der Waals surface area contributed by atoms with Crippen molar-refractivity contribution in [2.24, 2.45) is 0 Å². The molecule has 0 fully saturated rings. The Bertz CT molecular complexity index is 776. The summed E-state index contributed by atoms with van der Waals surface area (Å²) < 4.78 is 4.82. The second-order valence-corrected chi connectivity index (χ2v) is 4.81. The maximum absolute atomic E-state index is 11.6. The average molecular weight is 301 g/mol. The van der Waals surface area contributed by atoms with E-state index in [9.17, 15) is 4.79 Å². The van der Waals surface area contributed by atoms with E-state index in [1.165, 1.54) is 6.08 Å². The minimum Gasteiger partial charge on any atom is -0.462 e. The third-order valence-corrected chi connectivity index (χ3v) is 3.17. The van der Waals surface area contributed by atoms with E-state index in [1.807, 2.05) is 31.2 Å². The highest BCUT2D eigenvalue weighted by atomic mass is 35.5. The first-order valence-corrected chi connectivity index (χ1v) is 6.78. The molecule has 0 aliphatic heterocycles. The summed E-state index contributed by atoms with van der Waals surface area (Å²) in [5.41, 5.74) is 2.26. The van der Waals surface area contributed by atoms with Crippen LogP contribution in [0.3, 0.4) is 0 Å². The highest BCUT2D eigenvalue weighted by molar-refractivity contribution is 6.31. The molecule has 5 heteroatoms. The number of carbonyl (C=O) groups is 1. The highest BCUT2D eigenvalue weighted by Gasteiger charge is 2.12. The maximum atomic E-state index is 11.6. The third kappa shape index (κ3) is 3.39. The number of hydrogen-bond donors (Lipinski definition) is 0. The molecule has 0 saturated heterocycles. The Hall–Kier alpha value is -2.38. The molecule has 0 aliphatic rings. The van der Waals surface area contributed by atoms with Crippen LogP contribution in [0, 0.1) is 18.3 Å². The van der Waals surface area contributed by atoms with E-state index in [0.717, 1.165) is 16.5 Å². The van der Waals surface area contributed by atoms with Gasteiger partial charge in [-0.2, -0.15) is 5.26 Å². The molecule has 0 N–H and O–H groups in total. The maximum Gasteiger partial charge on any atom is 0.348 e. The van der Waals surface area contributed by atoms with Gasteiger partial charge >= 0.3 is 5.97 Å². The van der Waals surface area contributed by atoms with Crippen LogP contribution >= 0.6 is 11.6 Å². The topological polar surface area (TPSA) is 63.0 Å². The number of carbonyl (C=O) groups excluding carboxylic acids is 1. The second kappa shape index (κ2) is 6.38. The number of esters is 1. The lowest BCUT2D eigenvalue weighted by Crippen LogP contribution is -2.06. The lowest BCUT2D eigenvalue weighted by atomic mass is 10.1. The molecule has 0 spiro atoms. The Kier molecular flexibility index (Phi) is 4.56. The molecule has 2 aromatic rings. The fraction of sp³-hybridized carbons (Fsp3) is 0.188. The van der Waals surface area contributed by atoms with Gasteiger partial charge in [-0.25, -0.2) is 9.78 Å². The van der Waals surface area contributed by atoms with Crippen LogP contribution in [-0.2, 0) is 9.53 Å². The van der Waals surface area contributed by atoms with Crippen LogP contribution in [0.15, 0.2) is 29.8 Å². The van der Waals surface area contributed by atoms with Crippen molar-refractivity contribution in [1.29, 1.82) is 5.26 Å². The lowest BCUT2D eigenvalue weighted by Gasteiger charge is -2.04. The number of pyridine rings is 1. The van der Waals surface area contributed by atoms with Crippen molar-refractivity contribution >= 4 is 34.5 Å². The standard InChI is InChI=1S/C16H13ClN2O2/c1-3-21-16(20)13(9-18)8-12-7-11-6-10(2)4-5-14(11)19-15(12)17/h4-8H,3H2,1-2H3. The van der Waals surface area contributed by atoms with Crippen molar-refractivity contribution in [3.05, 3.63) is 46.1 Å². The van der Waals surface area contributed by atoms with Crippen LogP contribution < -0.4 is 0 Å². The summed E-state index contributed by atoms with van der Waals surface area (Å²) in [6, 6.07) is 9.41. The highest BCUT2D eigenvalue weighted by Crippen LogP contribution is 2.23. The van der Waals surface area contributed by atoms with E-state index in [4.69, 9.17) is 21.6 Å². The molecule has 0 radical (unpaired) electrons. The molecule has 4 nitrogen and oxygen atoms in total. The Balaban J connectivity index is 2.52. The Morgan fingerprint density at radius 3 is 2.90 bits per heavy atom. The van der Waals surface area contributed by atoms with E-state index in [-0.39, 0.29) is 17.3 Å². The van der Waals surface area contributed by atoms with Gasteiger partial charge in [0.05, 0.1) is 12.1 Å². The van der Waals surface area contributed by atoms with Crippen molar-refractivity contribution in [1.82, 2.24) is 4.98 Å². The van der Waals surface area contributed by atoms with Gasteiger partial charge in [-0.3, -0.25) is 0 Å². The number of ether oxygens (including phenoxy) is 1. The minimum absolute atomic E-state index is 0.104. The van der Waals surface area contributed by atoms with Gasteiger partial charge in [0, 0.05) is 10.9 Å². The number of benzene rings is 1.